The Morgan fingerprint density at radius 3 is 3.00 bits per heavy atom. The van der Waals surface area contributed by atoms with Crippen molar-refractivity contribution in [3.8, 4) is 11.6 Å². The minimum atomic E-state index is 0.559. The van der Waals surface area contributed by atoms with Crippen molar-refractivity contribution in [2.45, 2.75) is 19.9 Å². The molecule has 0 fully saturated rings. The highest BCUT2D eigenvalue weighted by Gasteiger charge is 2.11. The van der Waals surface area contributed by atoms with Crippen LogP contribution in [0.1, 0.15) is 18.4 Å². The molecule has 9 heteroatoms. The van der Waals surface area contributed by atoms with E-state index in [1.165, 1.54) is 0 Å². The summed E-state index contributed by atoms with van der Waals surface area (Å²) < 4.78 is 7.33. The fraction of sp³-hybridized carbons (Fsp3) is 0.389. The largest absolute Gasteiger partial charge is 0.461 e. The standard InChI is InChI=1S/C18H24ClN7O/c1-4-20-18(26(3)12-14-10-13(19)11-25(14)2)21-8-7-16-22-17(24-23-16)15-6-5-9-27-15/h5-6,9-11H,4,7-8,12H2,1-3H3,(H,20,21)(H,22,23,24). The summed E-state index contributed by atoms with van der Waals surface area (Å²) in [6.07, 6.45) is 4.16. The molecule has 0 bridgehead atoms. The van der Waals surface area contributed by atoms with Crippen molar-refractivity contribution >= 4 is 17.6 Å². The lowest BCUT2D eigenvalue weighted by molar-refractivity contribution is 0.462. The first-order valence-electron chi connectivity index (χ1n) is 8.82. The van der Waals surface area contributed by atoms with Crippen LogP contribution < -0.4 is 5.32 Å². The van der Waals surface area contributed by atoms with Crippen molar-refractivity contribution in [3.63, 3.8) is 0 Å². The number of hydrogen-bond donors (Lipinski definition) is 2. The van der Waals surface area contributed by atoms with Gasteiger partial charge in [-0.25, -0.2) is 4.98 Å². The van der Waals surface area contributed by atoms with Gasteiger partial charge in [0, 0.05) is 45.5 Å². The van der Waals surface area contributed by atoms with Crippen LogP contribution in [0.4, 0.5) is 0 Å². The number of guanidine groups is 1. The van der Waals surface area contributed by atoms with Gasteiger partial charge < -0.3 is 19.2 Å². The van der Waals surface area contributed by atoms with Crippen LogP contribution >= 0.6 is 11.6 Å². The molecule has 0 unspecified atom stereocenters. The third kappa shape index (κ3) is 4.91. The highest BCUT2D eigenvalue weighted by atomic mass is 35.5. The van der Waals surface area contributed by atoms with Gasteiger partial charge in [0.2, 0.25) is 5.82 Å². The van der Waals surface area contributed by atoms with Gasteiger partial charge in [-0.15, -0.1) is 0 Å². The molecule has 0 spiro atoms. The second kappa shape index (κ2) is 8.77. The van der Waals surface area contributed by atoms with E-state index in [1.807, 2.05) is 43.1 Å². The second-order valence-corrected chi connectivity index (χ2v) is 6.62. The zero-order valence-electron chi connectivity index (χ0n) is 15.7. The summed E-state index contributed by atoms with van der Waals surface area (Å²) in [6, 6.07) is 5.61. The van der Waals surface area contributed by atoms with Gasteiger partial charge in [-0.05, 0) is 25.1 Å². The number of rotatable bonds is 7. The molecular weight excluding hydrogens is 366 g/mol. The number of aromatic amines is 1. The number of H-pyrrole nitrogens is 1. The molecule has 0 aliphatic rings. The Hall–Kier alpha value is -2.74. The van der Waals surface area contributed by atoms with Crippen molar-refractivity contribution in [2.75, 3.05) is 20.1 Å². The summed E-state index contributed by atoms with van der Waals surface area (Å²) in [6.45, 7) is 4.14. The van der Waals surface area contributed by atoms with Crippen LogP contribution in [0, 0.1) is 0 Å². The number of halogens is 1. The van der Waals surface area contributed by atoms with Gasteiger partial charge >= 0.3 is 0 Å². The second-order valence-electron chi connectivity index (χ2n) is 6.19. The Labute approximate surface area is 163 Å². The summed E-state index contributed by atoms with van der Waals surface area (Å²) >= 11 is 6.07. The Bertz CT molecular complexity index is 882. The third-order valence-electron chi connectivity index (χ3n) is 4.05. The van der Waals surface area contributed by atoms with Crippen molar-refractivity contribution in [1.29, 1.82) is 0 Å². The van der Waals surface area contributed by atoms with Crippen molar-refractivity contribution in [1.82, 2.24) is 30.0 Å². The Morgan fingerprint density at radius 2 is 2.33 bits per heavy atom. The Morgan fingerprint density at radius 1 is 1.48 bits per heavy atom. The van der Waals surface area contributed by atoms with Crippen molar-refractivity contribution in [3.05, 3.63) is 47.2 Å². The lowest BCUT2D eigenvalue weighted by Crippen LogP contribution is -2.39. The van der Waals surface area contributed by atoms with Gasteiger partial charge in [0.25, 0.3) is 0 Å². The maximum atomic E-state index is 6.07. The Balaban J connectivity index is 1.60. The van der Waals surface area contributed by atoms with Gasteiger partial charge in [-0.3, -0.25) is 10.1 Å². The summed E-state index contributed by atoms with van der Waals surface area (Å²) in [5.41, 5.74) is 1.12. The van der Waals surface area contributed by atoms with Gasteiger partial charge in [-0.1, -0.05) is 11.6 Å². The molecule has 0 amide bonds. The van der Waals surface area contributed by atoms with E-state index < -0.39 is 0 Å². The summed E-state index contributed by atoms with van der Waals surface area (Å²) in [7, 11) is 3.99. The van der Waals surface area contributed by atoms with Gasteiger partial charge in [-0.2, -0.15) is 5.10 Å². The fourth-order valence-electron chi connectivity index (χ4n) is 2.70. The molecule has 144 valence electrons. The number of aryl methyl sites for hydroxylation is 1. The normalized spacial score (nSPS) is 11.8. The maximum Gasteiger partial charge on any atom is 0.216 e. The molecule has 0 aliphatic heterocycles. The molecular formula is C18H24ClN7O. The van der Waals surface area contributed by atoms with Crippen LogP contribution in [-0.4, -0.2) is 50.7 Å². The van der Waals surface area contributed by atoms with Crippen molar-refractivity contribution < 1.29 is 4.42 Å². The maximum absolute atomic E-state index is 6.07. The molecule has 0 saturated carbocycles. The molecule has 3 heterocycles. The Kier molecular flexibility index (Phi) is 6.18. The highest BCUT2D eigenvalue weighted by Crippen LogP contribution is 2.15. The van der Waals surface area contributed by atoms with E-state index >= 15 is 0 Å². The average molecular weight is 390 g/mol. The van der Waals surface area contributed by atoms with E-state index in [2.05, 4.69) is 32.3 Å². The van der Waals surface area contributed by atoms with E-state index in [-0.39, 0.29) is 0 Å². The van der Waals surface area contributed by atoms with Gasteiger partial charge in [0.05, 0.1) is 17.8 Å². The summed E-state index contributed by atoms with van der Waals surface area (Å²) in [5, 5.41) is 11.2. The predicted molar refractivity (Wildman–Crippen MR) is 106 cm³/mol. The van der Waals surface area contributed by atoms with E-state index in [9.17, 15) is 0 Å². The molecule has 3 rings (SSSR count). The third-order valence-corrected chi connectivity index (χ3v) is 4.26. The SMILES string of the molecule is CCNC(=NCCc1nc(-c2ccco2)n[nH]1)N(C)Cc1cc(Cl)cn1C. The monoisotopic (exact) mass is 389 g/mol. The molecule has 0 radical (unpaired) electrons. The first kappa shape index (κ1) is 19.0. The quantitative estimate of drug-likeness (QED) is 0.479. The van der Waals surface area contributed by atoms with Gasteiger partial charge in [0.1, 0.15) is 5.82 Å². The lowest BCUT2D eigenvalue weighted by Gasteiger charge is -2.22. The van der Waals surface area contributed by atoms with E-state index in [0.29, 0.717) is 31.1 Å². The highest BCUT2D eigenvalue weighted by molar-refractivity contribution is 6.30. The molecule has 3 aromatic rings. The van der Waals surface area contributed by atoms with Crippen LogP contribution in [0.15, 0.2) is 40.1 Å². The topological polar surface area (TPSA) is 87.3 Å². The smallest absolute Gasteiger partial charge is 0.216 e. The van der Waals surface area contributed by atoms with E-state index in [0.717, 1.165) is 29.0 Å². The fourth-order valence-corrected chi connectivity index (χ4v) is 2.97. The van der Waals surface area contributed by atoms with Crippen LogP contribution in [0.2, 0.25) is 5.02 Å². The molecule has 27 heavy (non-hydrogen) atoms. The number of nitrogens with zero attached hydrogens (tertiary/aromatic N) is 5. The summed E-state index contributed by atoms with van der Waals surface area (Å²) in [4.78, 5) is 11.2. The molecule has 3 aromatic heterocycles. The van der Waals surface area contributed by atoms with Crippen molar-refractivity contribution in [2.24, 2.45) is 12.0 Å². The minimum Gasteiger partial charge on any atom is -0.461 e. The first-order valence-corrected chi connectivity index (χ1v) is 9.20. The molecule has 0 aromatic carbocycles. The van der Waals surface area contributed by atoms with E-state index in [1.54, 1.807) is 6.26 Å². The van der Waals surface area contributed by atoms with Gasteiger partial charge in [0.15, 0.2) is 11.7 Å². The number of nitrogens with one attached hydrogen (secondary N) is 2. The minimum absolute atomic E-state index is 0.559. The molecule has 0 saturated heterocycles. The average Bonchev–Trinajstić information content (AvgIpc) is 3.36. The molecule has 2 N–H and O–H groups in total. The van der Waals surface area contributed by atoms with Crippen LogP contribution in [0.3, 0.4) is 0 Å². The number of aromatic nitrogens is 4. The predicted octanol–water partition coefficient (Wildman–Crippen LogP) is 2.70. The zero-order valence-corrected chi connectivity index (χ0v) is 16.5. The molecule has 0 atom stereocenters. The van der Waals surface area contributed by atoms with Crippen LogP contribution in [0.5, 0.6) is 0 Å². The number of furan rings is 1. The number of aliphatic imine (C=N–C) groups is 1. The molecule has 8 nitrogen and oxygen atoms in total. The zero-order chi connectivity index (χ0) is 19.2. The molecule has 0 aliphatic carbocycles. The lowest BCUT2D eigenvalue weighted by atomic mass is 10.4. The van der Waals surface area contributed by atoms with E-state index in [4.69, 9.17) is 21.0 Å². The first-order chi connectivity index (χ1) is 13.1. The summed E-state index contributed by atoms with van der Waals surface area (Å²) in [5.74, 6) is 2.82. The number of hydrogen-bond acceptors (Lipinski definition) is 4. The van der Waals surface area contributed by atoms with Crippen LogP contribution in [-0.2, 0) is 20.0 Å². The van der Waals surface area contributed by atoms with Crippen LogP contribution in [0.25, 0.3) is 11.6 Å².